The van der Waals surface area contributed by atoms with E-state index < -0.39 is 21.6 Å². The fourth-order valence-corrected chi connectivity index (χ4v) is 3.14. The van der Waals surface area contributed by atoms with Crippen LogP contribution in [0.5, 0.6) is 0 Å². The van der Waals surface area contributed by atoms with Gasteiger partial charge in [-0.05, 0) is 0 Å². The minimum atomic E-state index is -0.769. The van der Waals surface area contributed by atoms with Gasteiger partial charge in [-0.1, -0.05) is 0 Å². The topological polar surface area (TPSA) is 30.5 Å². The SMILES string of the molecule is CCC[CH2][Sn][O]ONc1ccc(CC)cc1. The van der Waals surface area contributed by atoms with Gasteiger partial charge >= 0.3 is 108 Å². The molecule has 0 saturated heterocycles. The molecule has 88 valence electrons. The van der Waals surface area contributed by atoms with E-state index in [1.807, 2.05) is 12.1 Å². The number of aryl methyl sites for hydroxylation is 1. The predicted octanol–water partition coefficient (Wildman–Crippen LogP) is 3.36. The van der Waals surface area contributed by atoms with E-state index in [1.54, 1.807) is 0 Å². The zero-order valence-electron chi connectivity index (χ0n) is 9.95. The number of anilines is 1. The van der Waals surface area contributed by atoms with Crippen molar-refractivity contribution in [2.24, 2.45) is 0 Å². The van der Waals surface area contributed by atoms with E-state index in [1.165, 1.54) is 22.8 Å². The first-order valence-corrected chi connectivity index (χ1v) is 8.95. The summed E-state index contributed by atoms with van der Waals surface area (Å²) in [6, 6.07) is 8.17. The fraction of sp³-hybridized carbons (Fsp3) is 0.500. The molecule has 0 aliphatic rings. The molecular weight excluding hydrogens is 309 g/mol. The van der Waals surface area contributed by atoms with Crippen molar-refractivity contribution >= 4 is 27.2 Å². The second-order valence-corrected chi connectivity index (χ2v) is 6.29. The number of hydrogen-bond donors (Lipinski definition) is 1. The molecule has 0 aliphatic heterocycles. The van der Waals surface area contributed by atoms with E-state index in [0.29, 0.717) is 0 Å². The Hall–Kier alpha value is -0.261. The van der Waals surface area contributed by atoms with Crippen LogP contribution in [0.15, 0.2) is 24.3 Å². The van der Waals surface area contributed by atoms with Crippen molar-refractivity contribution < 1.29 is 8.21 Å². The van der Waals surface area contributed by atoms with Crippen LogP contribution in [0.2, 0.25) is 4.44 Å². The van der Waals surface area contributed by atoms with Gasteiger partial charge in [0.05, 0.1) is 0 Å². The molecule has 0 amide bonds. The third kappa shape index (κ3) is 5.72. The summed E-state index contributed by atoms with van der Waals surface area (Å²) in [7, 11) is 0. The molecule has 0 saturated carbocycles. The van der Waals surface area contributed by atoms with Gasteiger partial charge in [-0.2, -0.15) is 0 Å². The standard InChI is InChI=1S/C8H11NO2.C4H9.Sn/c1-2-7-3-5-8(6-4-7)9-11-10;1-3-4-2;/h3-6,9-10H,2H2,1H3;1,3-4H2,2H3;/q;;+1/p-1. The van der Waals surface area contributed by atoms with E-state index in [2.05, 4.69) is 31.5 Å². The van der Waals surface area contributed by atoms with Gasteiger partial charge in [-0.15, -0.1) is 0 Å². The van der Waals surface area contributed by atoms with Crippen LogP contribution in [-0.2, 0) is 14.6 Å². The van der Waals surface area contributed by atoms with Crippen molar-refractivity contribution in [1.82, 2.24) is 0 Å². The number of rotatable bonds is 8. The number of benzene rings is 1. The molecule has 0 bridgehead atoms. The summed E-state index contributed by atoms with van der Waals surface area (Å²) in [4.78, 5) is 4.97. The first kappa shape index (κ1) is 13.8. The van der Waals surface area contributed by atoms with Crippen LogP contribution in [0.25, 0.3) is 0 Å². The molecule has 1 N–H and O–H groups in total. The van der Waals surface area contributed by atoms with Crippen molar-refractivity contribution in [3.05, 3.63) is 29.8 Å². The van der Waals surface area contributed by atoms with Gasteiger partial charge in [-0.3, -0.25) is 0 Å². The minimum absolute atomic E-state index is 0.769. The van der Waals surface area contributed by atoms with Crippen LogP contribution in [0.4, 0.5) is 5.69 Å². The third-order valence-electron chi connectivity index (χ3n) is 2.25. The molecule has 2 radical (unpaired) electrons. The normalized spacial score (nSPS) is 10.4. The average molecular weight is 328 g/mol. The van der Waals surface area contributed by atoms with Gasteiger partial charge < -0.3 is 0 Å². The summed E-state index contributed by atoms with van der Waals surface area (Å²) >= 11 is -0.769. The Bertz CT molecular complexity index is 277. The number of unbranched alkanes of at least 4 members (excludes halogenated alkanes) is 1. The molecule has 0 unspecified atom stereocenters. The predicted molar refractivity (Wildman–Crippen MR) is 67.1 cm³/mol. The second-order valence-electron chi connectivity index (χ2n) is 3.57. The summed E-state index contributed by atoms with van der Waals surface area (Å²) in [5.74, 6) is 0. The summed E-state index contributed by atoms with van der Waals surface area (Å²) in [5, 5.41) is 0. The van der Waals surface area contributed by atoms with Gasteiger partial charge in [0.25, 0.3) is 0 Å². The maximum absolute atomic E-state index is 5.16. The Balaban J connectivity index is 2.12. The molecule has 0 aromatic heterocycles. The first-order chi connectivity index (χ1) is 7.86. The van der Waals surface area contributed by atoms with Crippen LogP contribution < -0.4 is 5.48 Å². The van der Waals surface area contributed by atoms with Crippen molar-refractivity contribution in [3.63, 3.8) is 0 Å². The van der Waals surface area contributed by atoms with Gasteiger partial charge in [0.2, 0.25) is 0 Å². The average Bonchev–Trinajstić information content (AvgIpc) is 2.34. The third-order valence-corrected chi connectivity index (χ3v) is 4.42. The maximum atomic E-state index is 5.16. The molecule has 1 aromatic rings. The Morgan fingerprint density at radius 1 is 1.19 bits per heavy atom. The van der Waals surface area contributed by atoms with Gasteiger partial charge in [0.15, 0.2) is 0 Å². The molecule has 1 rings (SSSR count). The molecule has 0 heterocycles. The molecule has 1 aromatic carbocycles. The monoisotopic (exact) mass is 329 g/mol. The number of hydrogen-bond acceptors (Lipinski definition) is 3. The molecule has 4 heteroatoms. The van der Waals surface area contributed by atoms with Crippen molar-refractivity contribution in [2.45, 2.75) is 37.5 Å². The molecule has 16 heavy (non-hydrogen) atoms. The Kier molecular flexibility index (Phi) is 7.63. The number of nitrogens with one attached hydrogen (secondary N) is 1. The quantitative estimate of drug-likeness (QED) is 0.344. The van der Waals surface area contributed by atoms with Crippen LogP contribution in [0, 0.1) is 0 Å². The van der Waals surface area contributed by atoms with Crippen LogP contribution in [-0.4, -0.2) is 21.6 Å². The first-order valence-electron chi connectivity index (χ1n) is 5.77. The molecule has 3 nitrogen and oxygen atoms in total. The summed E-state index contributed by atoms with van der Waals surface area (Å²) < 4.78 is 6.36. The van der Waals surface area contributed by atoms with Crippen LogP contribution in [0.1, 0.15) is 32.3 Å². The van der Waals surface area contributed by atoms with Crippen LogP contribution >= 0.6 is 0 Å². The van der Waals surface area contributed by atoms with Gasteiger partial charge in [-0.25, -0.2) is 0 Å². The van der Waals surface area contributed by atoms with Crippen molar-refractivity contribution in [1.29, 1.82) is 0 Å². The van der Waals surface area contributed by atoms with E-state index >= 15 is 0 Å². The summed E-state index contributed by atoms with van der Waals surface area (Å²) in [6.07, 6.45) is 3.54. The zero-order chi connectivity index (χ0) is 11.6. The Morgan fingerprint density at radius 3 is 2.56 bits per heavy atom. The molecule has 0 atom stereocenters. The summed E-state index contributed by atoms with van der Waals surface area (Å²) in [6.45, 7) is 4.33. The van der Waals surface area contributed by atoms with E-state index in [-0.39, 0.29) is 0 Å². The zero-order valence-corrected chi connectivity index (χ0v) is 12.8. The van der Waals surface area contributed by atoms with Gasteiger partial charge in [0, 0.05) is 0 Å². The van der Waals surface area contributed by atoms with E-state index in [0.717, 1.165) is 12.1 Å². The molecule has 0 fully saturated rings. The Labute approximate surface area is 108 Å². The fourth-order valence-electron chi connectivity index (χ4n) is 1.20. The van der Waals surface area contributed by atoms with Crippen molar-refractivity contribution in [3.8, 4) is 0 Å². The van der Waals surface area contributed by atoms with E-state index in [9.17, 15) is 0 Å². The van der Waals surface area contributed by atoms with Gasteiger partial charge in [0.1, 0.15) is 0 Å². The van der Waals surface area contributed by atoms with Crippen molar-refractivity contribution in [2.75, 3.05) is 5.48 Å². The van der Waals surface area contributed by atoms with E-state index in [4.69, 9.17) is 8.21 Å². The Morgan fingerprint density at radius 2 is 1.94 bits per heavy atom. The second kappa shape index (κ2) is 8.84. The van der Waals surface area contributed by atoms with Crippen LogP contribution in [0.3, 0.4) is 0 Å². The molecule has 0 aliphatic carbocycles. The molecular formula is C12H19NO2Sn. The summed E-state index contributed by atoms with van der Waals surface area (Å²) in [5.41, 5.74) is 5.06. The molecule has 0 spiro atoms.